The van der Waals surface area contributed by atoms with Gasteiger partial charge in [-0.05, 0) is 48.4 Å². The number of nitrogens with zero attached hydrogens (tertiary/aromatic N) is 2. The molecule has 1 heterocycles. The summed E-state index contributed by atoms with van der Waals surface area (Å²) in [4.78, 5) is 23.6. The maximum absolute atomic E-state index is 12.7. The van der Waals surface area contributed by atoms with Crippen molar-refractivity contribution in [3.05, 3.63) is 65.9 Å². The molecule has 0 fully saturated rings. The fourth-order valence-corrected chi connectivity index (χ4v) is 3.08. The molecule has 3 aromatic rings. The smallest absolute Gasteiger partial charge is 0.324 e. The number of aryl methyl sites for hydroxylation is 1. The number of ether oxygens (including phenoxy) is 1. The predicted molar refractivity (Wildman–Crippen MR) is 124 cm³/mol. The molecule has 0 aliphatic heterocycles. The molecule has 0 saturated carbocycles. The van der Waals surface area contributed by atoms with E-state index in [1.165, 1.54) is 0 Å². The van der Waals surface area contributed by atoms with Gasteiger partial charge in [-0.15, -0.1) is 0 Å². The molecule has 0 aliphatic rings. The molecule has 0 unspecified atom stereocenters. The normalized spacial score (nSPS) is 11.1. The van der Waals surface area contributed by atoms with Crippen LogP contribution in [0.4, 0.5) is 16.3 Å². The number of carbonyl (C=O) groups is 2. The quantitative estimate of drug-likeness (QED) is 0.491. The van der Waals surface area contributed by atoms with E-state index in [1.54, 1.807) is 36.1 Å². The number of aliphatic carboxylic acids is 1. The third-order valence-electron chi connectivity index (χ3n) is 4.85. The highest BCUT2D eigenvalue weighted by atomic mass is 16.5. The van der Waals surface area contributed by atoms with E-state index in [4.69, 9.17) is 14.9 Å². The van der Waals surface area contributed by atoms with Crippen LogP contribution in [0.2, 0.25) is 0 Å². The Morgan fingerprint density at radius 2 is 1.78 bits per heavy atom. The van der Waals surface area contributed by atoms with Gasteiger partial charge in [0.2, 0.25) is 0 Å². The van der Waals surface area contributed by atoms with Gasteiger partial charge in [0.05, 0.1) is 18.5 Å². The molecule has 8 nitrogen and oxygen atoms in total. The lowest BCUT2D eigenvalue weighted by Gasteiger charge is -2.14. The Labute approximate surface area is 187 Å². The fraction of sp³-hybridized carbons (Fsp3) is 0.292. The van der Waals surface area contributed by atoms with Crippen molar-refractivity contribution in [1.29, 1.82) is 0 Å². The average Bonchev–Trinajstić information content (AvgIpc) is 3.17. The second-order valence-corrected chi connectivity index (χ2v) is 8.45. The zero-order valence-electron chi connectivity index (χ0n) is 18.7. The van der Waals surface area contributed by atoms with Gasteiger partial charge in [0, 0.05) is 23.6 Å². The number of hydrogen-bond donors (Lipinski definition) is 3. The molecular weight excluding hydrogens is 408 g/mol. The molecule has 2 aromatic carbocycles. The van der Waals surface area contributed by atoms with Crippen LogP contribution < -0.4 is 15.4 Å². The number of rotatable bonds is 7. The van der Waals surface area contributed by atoms with Crippen molar-refractivity contribution in [1.82, 2.24) is 9.78 Å². The number of carboxylic acids is 1. The summed E-state index contributed by atoms with van der Waals surface area (Å²) in [7, 11) is 1.58. The standard InChI is InChI=1S/C24H28N4O4/c1-24(2,3)20-15-21(26-23(31)25-17-9-11-19(32-4)12-10-17)28(27-20)18-7-5-6-16(14-18)8-13-22(29)30/h5-7,9-12,14-15H,8,13H2,1-4H3,(H,29,30)(H2,25,26,31). The average molecular weight is 437 g/mol. The van der Waals surface area contributed by atoms with Gasteiger partial charge in [0.25, 0.3) is 0 Å². The van der Waals surface area contributed by atoms with Crippen molar-refractivity contribution in [2.24, 2.45) is 0 Å². The minimum atomic E-state index is -0.845. The van der Waals surface area contributed by atoms with E-state index in [1.807, 2.05) is 51.1 Å². The number of methoxy groups -OCH3 is 1. The number of nitrogens with one attached hydrogen (secondary N) is 2. The number of benzene rings is 2. The van der Waals surface area contributed by atoms with Crippen LogP contribution in [0, 0.1) is 0 Å². The molecule has 3 N–H and O–H groups in total. The lowest BCUT2D eigenvalue weighted by Crippen LogP contribution is -2.21. The van der Waals surface area contributed by atoms with Crippen LogP contribution in [0.15, 0.2) is 54.6 Å². The third kappa shape index (κ3) is 5.87. The first-order valence-corrected chi connectivity index (χ1v) is 10.3. The van der Waals surface area contributed by atoms with Crippen molar-refractivity contribution in [3.8, 4) is 11.4 Å². The Morgan fingerprint density at radius 1 is 1.06 bits per heavy atom. The monoisotopic (exact) mass is 436 g/mol. The first kappa shape index (κ1) is 22.9. The van der Waals surface area contributed by atoms with E-state index >= 15 is 0 Å². The minimum Gasteiger partial charge on any atom is -0.497 e. The molecule has 0 saturated heterocycles. The molecule has 0 radical (unpaired) electrons. The van der Waals surface area contributed by atoms with Gasteiger partial charge in [-0.2, -0.15) is 5.10 Å². The Kier molecular flexibility index (Phi) is 6.82. The van der Waals surface area contributed by atoms with Gasteiger partial charge in [0.1, 0.15) is 11.6 Å². The van der Waals surface area contributed by atoms with E-state index in [2.05, 4.69) is 10.6 Å². The molecule has 168 valence electrons. The van der Waals surface area contributed by atoms with Gasteiger partial charge in [-0.25, -0.2) is 9.48 Å². The van der Waals surface area contributed by atoms with E-state index in [-0.39, 0.29) is 11.8 Å². The zero-order valence-corrected chi connectivity index (χ0v) is 18.7. The van der Waals surface area contributed by atoms with E-state index < -0.39 is 12.0 Å². The highest BCUT2D eigenvalue weighted by Crippen LogP contribution is 2.27. The van der Waals surface area contributed by atoms with E-state index in [9.17, 15) is 9.59 Å². The molecule has 0 spiro atoms. The summed E-state index contributed by atoms with van der Waals surface area (Å²) in [6, 6.07) is 16.0. The first-order valence-electron chi connectivity index (χ1n) is 10.3. The van der Waals surface area contributed by atoms with E-state index in [0.29, 0.717) is 23.7 Å². The Balaban J connectivity index is 1.86. The molecule has 8 heteroatoms. The van der Waals surface area contributed by atoms with Crippen LogP contribution in [-0.2, 0) is 16.6 Å². The summed E-state index contributed by atoms with van der Waals surface area (Å²) in [5.41, 5.74) is 2.83. The molecular formula is C24H28N4O4. The van der Waals surface area contributed by atoms with Crippen molar-refractivity contribution in [2.75, 3.05) is 17.7 Å². The van der Waals surface area contributed by atoms with Gasteiger partial charge in [-0.1, -0.05) is 32.9 Å². The van der Waals surface area contributed by atoms with Crippen LogP contribution in [-0.4, -0.2) is 34.0 Å². The summed E-state index contributed by atoms with van der Waals surface area (Å²) in [5.74, 6) is 0.366. The number of carboxylic acid groups (broad SMARTS) is 1. The summed E-state index contributed by atoms with van der Waals surface area (Å²) < 4.78 is 6.80. The van der Waals surface area contributed by atoms with Crippen LogP contribution >= 0.6 is 0 Å². The maximum atomic E-state index is 12.7. The molecule has 32 heavy (non-hydrogen) atoms. The third-order valence-corrected chi connectivity index (χ3v) is 4.85. The Morgan fingerprint density at radius 3 is 2.41 bits per heavy atom. The second kappa shape index (κ2) is 9.55. The van der Waals surface area contributed by atoms with Crippen LogP contribution in [0.1, 0.15) is 38.4 Å². The van der Waals surface area contributed by atoms with Gasteiger partial charge >= 0.3 is 12.0 Å². The predicted octanol–water partition coefficient (Wildman–Crippen LogP) is 4.84. The number of urea groups is 1. The van der Waals surface area contributed by atoms with Crippen molar-refractivity contribution in [3.63, 3.8) is 0 Å². The van der Waals surface area contributed by atoms with Crippen molar-refractivity contribution >= 4 is 23.5 Å². The van der Waals surface area contributed by atoms with Crippen molar-refractivity contribution in [2.45, 2.75) is 39.0 Å². The summed E-state index contributed by atoms with van der Waals surface area (Å²) >= 11 is 0. The van der Waals surface area contributed by atoms with Crippen LogP contribution in [0.25, 0.3) is 5.69 Å². The molecule has 0 aliphatic carbocycles. The van der Waals surface area contributed by atoms with Crippen LogP contribution in [0.5, 0.6) is 5.75 Å². The topological polar surface area (TPSA) is 105 Å². The Hall–Kier alpha value is -3.81. The van der Waals surface area contributed by atoms with Gasteiger partial charge in [-0.3, -0.25) is 10.1 Å². The highest BCUT2D eigenvalue weighted by Gasteiger charge is 2.21. The number of carbonyl (C=O) groups excluding carboxylic acids is 1. The zero-order chi connectivity index (χ0) is 23.3. The number of anilines is 2. The van der Waals surface area contributed by atoms with Crippen LogP contribution in [0.3, 0.4) is 0 Å². The SMILES string of the molecule is COc1ccc(NC(=O)Nc2cc(C(C)(C)C)nn2-c2cccc(CCC(=O)O)c2)cc1. The van der Waals surface area contributed by atoms with Gasteiger partial charge < -0.3 is 15.2 Å². The molecule has 0 atom stereocenters. The highest BCUT2D eigenvalue weighted by molar-refractivity contribution is 5.99. The molecule has 0 bridgehead atoms. The Bertz CT molecular complexity index is 1100. The molecule has 3 rings (SSSR count). The van der Waals surface area contributed by atoms with Crippen molar-refractivity contribution < 1.29 is 19.4 Å². The minimum absolute atomic E-state index is 0.0468. The maximum Gasteiger partial charge on any atom is 0.324 e. The largest absolute Gasteiger partial charge is 0.497 e. The van der Waals surface area contributed by atoms with E-state index in [0.717, 1.165) is 16.9 Å². The summed E-state index contributed by atoms with van der Waals surface area (Å²) in [6.07, 6.45) is 0.461. The first-order chi connectivity index (χ1) is 15.2. The molecule has 1 aromatic heterocycles. The number of hydrogen-bond acceptors (Lipinski definition) is 4. The number of amides is 2. The van der Waals surface area contributed by atoms with Gasteiger partial charge in [0.15, 0.2) is 0 Å². The second-order valence-electron chi connectivity index (χ2n) is 8.45. The fourth-order valence-electron chi connectivity index (χ4n) is 3.08. The lowest BCUT2D eigenvalue weighted by atomic mass is 9.92. The summed E-state index contributed by atoms with van der Waals surface area (Å²) in [6.45, 7) is 6.14. The lowest BCUT2D eigenvalue weighted by molar-refractivity contribution is -0.136. The molecule has 2 amide bonds. The summed E-state index contributed by atoms with van der Waals surface area (Å²) in [5, 5.41) is 19.4. The number of aromatic nitrogens is 2.